The molecule has 0 bridgehead atoms. The van der Waals surface area contributed by atoms with Gasteiger partial charge in [-0.1, -0.05) is 38.2 Å². The van der Waals surface area contributed by atoms with E-state index in [2.05, 4.69) is 10.6 Å². The monoisotopic (exact) mass is 567 g/mol. The molecule has 40 heavy (non-hydrogen) atoms. The Hall–Kier alpha value is -2.30. The van der Waals surface area contributed by atoms with Gasteiger partial charge in [-0.05, 0) is 60.0 Å². The number of nitrogens with zero attached hydrogens (tertiary/aromatic N) is 1. The van der Waals surface area contributed by atoms with E-state index in [1.807, 2.05) is 27.7 Å². The predicted octanol–water partition coefficient (Wildman–Crippen LogP) is 3.67. The zero-order chi connectivity index (χ0) is 29.9. The van der Waals surface area contributed by atoms with E-state index < -0.39 is 17.1 Å². The molecule has 0 aromatic carbocycles. The normalized spacial score (nSPS) is 15.3. The van der Waals surface area contributed by atoms with Gasteiger partial charge >= 0.3 is 0 Å². The highest BCUT2D eigenvalue weighted by atomic mass is 16.6. The third kappa shape index (κ3) is 17.4. The van der Waals surface area contributed by atoms with Gasteiger partial charge in [-0.3, -0.25) is 24.1 Å². The first-order valence-corrected chi connectivity index (χ1v) is 14.8. The smallest absolute Gasteiger partial charge is 0.252 e. The SMILES string of the molecule is C/C=C\C(=O)N(C=O)CCC(=O)NCCOCCC(C)(C)OCC(C)(C)OCCC(=O)NC1CCCCCCC1. The number of carbonyl (C=O) groups excluding carboxylic acids is 4. The molecule has 0 heterocycles. The number of carbonyl (C=O) groups is 4. The zero-order valence-corrected chi connectivity index (χ0v) is 25.4. The molecule has 1 aliphatic rings. The fraction of sp³-hybridized carbons (Fsp3) is 0.800. The predicted molar refractivity (Wildman–Crippen MR) is 155 cm³/mol. The van der Waals surface area contributed by atoms with Crippen LogP contribution >= 0.6 is 0 Å². The number of hydrogen-bond donors (Lipinski definition) is 2. The van der Waals surface area contributed by atoms with Gasteiger partial charge in [-0.2, -0.15) is 0 Å². The molecule has 0 atom stereocenters. The molecule has 2 N–H and O–H groups in total. The highest BCUT2D eigenvalue weighted by molar-refractivity contribution is 5.94. The quantitative estimate of drug-likeness (QED) is 0.139. The first-order valence-electron chi connectivity index (χ1n) is 14.8. The highest BCUT2D eigenvalue weighted by Gasteiger charge is 2.26. The van der Waals surface area contributed by atoms with Crippen LogP contribution in [0.4, 0.5) is 0 Å². The summed E-state index contributed by atoms with van der Waals surface area (Å²) >= 11 is 0. The van der Waals surface area contributed by atoms with Gasteiger partial charge in [-0.15, -0.1) is 0 Å². The van der Waals surface area contributed by atoms with Crippen LogP contribution in [0, 0.1) is 0 Å². The Kier molecular flexibility index (Phi) is 17.6. The van der Waals surface area contributed by atoms with Gasteiger partial charge in [0, 0.05) is 38.6 Å². The molecular formula is C30H53N3O7. The minimum Gasteiger partial charge on any atom is -0.380 e. The van der Waals surface area contributed by atoms with Crippen molar-refractivity contribution in [2.75, 3.05) is 39.5 Å². The number of rotatable bonds is 19. The summed E-state index contributed by atoms with van der Waals surface area (Å²) in [6, 6.07) is 0.294. The Morgan fingerprint density at radius 2 is 1.55 bits per heavy atom. The van der Waals surface area contributed by atoms with Crippen molar-refractivity contribution >= 4 is 24.1 Å². The average molecular weight is 568 g/mol. The molecule has 0 spiro atoms. The van der Waals surface area contributed by atoms with Gasteiger partial charge in [0.25, 0.3) is 5.91 Å². The molecule has 10 heteroatoms. The zero-order valence-electron chi connectivity index (χ0n) is 25.4. The summed E-state index contributed by atoms with van der Waals surface area (Å²) in [7, 11) is 0. The molecule has 4 amide bonds. The van der Waals surface area contributed by atoms with Crippen LogP contribution in [-0.2, 0) is 33.4 Å². The van der Waals surface area contributed by atoms with Crippen LogP contribution in [-0.4, -0.2) is 85.8 Å². The lowest BCUT2D eigenvalue weighted by Gasteiger charge is -2.32. The molecule has 0 saturated heterocycles. The van der Waals surface area contributed by atoms with Crippen LogP contribution in [0.1, 0.15) is 98.8 Å². The molecule has 1 rings (SSSR count). The largest absolute Gasteiger partial charge is 0.380 e. The fourth-order valence-electron chi connectivity index (χ4n) is 4.25. The minimum atomic E-state index is -0.528. The van der Waals surface area contributed by atoms with Crippen molar-refractivity contribution in [2.24, 2.45) is 0 Å². The van der Waals surface area contributed by atoms with Crippen LogP contribution in [0.2, 0.25) is 0 Å². The van der Waals surface area contributed by atoms with Crippen LogP contribution < -0.4 is 10.6 Å². The molecule has 1 saturated carbocycles. The lowest BCUT2D eigenvalue weighted by atomic mass is 9.96. The molecule has 0 unspecified atom stereocenters. The van der Waals surface area contributed by atoms with Gasteiger partial charge in [0.05, 0.1) is 31.0 Å². The van der Waals surface area contributed by atoms with E-state index in [0.29, 0.717) is 58.3 Å². The molecule has 1 aliphatic carbocycles. The number of imide groups is 1. The van der Waals surface area contributed by atoms with Crippen molar-refractivity contribution in [1.29, 1.82) is 0 Å². The van der Waals surface area contributed by atoms with Crippen molar-refractivity contribution in [3.63, 3.8) is 0 Å². The number of nitrogens with one attached hydrogen (secondary N) is 2. The molecule has 0 radical (unpaired) electrons. The van der Waals surface area contributed by atoms with E-state index in [4.69, 9.17) is 14.2 Å². The van der Waals surface area contributed by atoms with Crippen molar-refractivity contribution in [3.8, 4) is 0 Å². The summed E-state index contributed by atoms with van der Waals surface area (Å²) in [4.78, 5) is 47.9. The summed E-state index contributed by atoms with van der Waals surface area (Å²) in [5.74, 6) is -0.651. The van der Waals surface area contributed by atoms with Gasteiger partial charge < -0.3 is 24.8 Å². The molecule has 10 nitrogen and oxygen atoms in total. The first kappa shape index (κ1) is 35.7. The molecule has 0 aromatic heterocycles. The van der Waals surface area contributed by atoms with Gasteiger partial charge in [0.15, 0.2) is 0 Å². The lowest BCUT2D eigenvalue weighted by Crippen LogP contribution is -2.39. The summed E-state index contributed by atoms with van der Waals surface area (Å²) in [5.41, 5.74) is -0.961. The number of allylic oxidation sites excluding steroid dienone is 1. The van der Waals surface area contributed by atoms with E-state index in [-0.39, 0.29) is 24.8 Å². The third-order valence-electron chi connectivity index (χ3n) is 6.82. The maximum Gasteiger partial charge on any atom is 0.252 e. The molecule has 230 valence electrons. The second kappa shape index (κ2) is 19.7. The Morgan fingerprint density at radius 3 is 2.20 bits per heavy atom. The maximum atomic E-state index is 12.4. The van der Waals surface area contributed by atoms with Crippen LogP contribution in [0.25, 0.3) is 0 Å². The third-order valence-corrected chi connectivity index (χ3v) is 6.82. The number of ether oxygens (including phenoxy) is 3. The van der Waals surface area contributed by atoms with Gasteiger partial charge in [0.2, 0.25) is 18.2 Å². The van der Waals surface area contributed by atoms with Crippen LogP contribution in [0.15, 0.2) is 12.2 Å². The van der Waals surface area contributed by atoms with E-state index in [9.17, 15) is 19.2 Å². The summed E-state index contributed by atoms with van der Waals surface area (Å²) in [5, 5.41) is 5.90. The molecule has 0 aromatic rings. The second-order valence-corrected chi connectivity index (χ2v) is 11.6. The first-order chi connectivity index (χ1) is 19.0. The van der Waals surface area contributed by atoms with E-state index >= 15 is 0 Å². The fourth-order valence-corrected chi connectivity index (χ4v) is 4.25. The Morgan fingerprint density at radius 1 is 0.875 bits per heavy atom. The van der Waals surface area contributed by atoms with E-state index in [0.717, 1.165) is 17.7 Å². The molecule has 1 fully saturated rings. The Bertz CT molecular complexity index is 790. The van der Waals surface area contributed by atoms with Crippen molar-refractivity contribution < 1.29 is 33.4 Å². The maximum absolute atomic E-state index is 12.4. The van der Waals surface area contributed by atoms with Gasteiger partial charge in [-0.25, -0.2) is 0 Å². The van der Waals surface area contributed by atoms with E-state index in [1.54, 1.807) is 13.0 Å². The standard InChI is InChI=1S/C30H53N3O7/c1-6-12-28(37)33(24-34)19-15-26(35)31-18-22-38-21-17-29(2,3)40-23-30(4,5)39-20-16-27(36)32-25-13-10-8-7-9-11-14-25/h6,12,24-25H,7-11,13-23H2,1-5H3,(H,31,35)(H,32,36)/b12-6-. The van der Waals surface area contributed by atoms with Crippen molar-refractivity contribution in [3.05, 3.63) is 12.2 Å². The summed E-state index contributed by atoms with van der Waals surface area (Å²) < 4.78 is 17.7. The van der Waals surface area contributed by atoms with Gasteiger partial charge in [0.1, 0.15) is 0 Å². The number of amides is 4. The minimum absolute atomic E-state index is 0.0264. The summed E-state index contributed by atoms with van der Waals surface area (Å²) in [6.07, 6.45) is 12.6. The van der Waals surface area contributed by atoms with Crippen LogP contribution in [0.3, 0.4) is 0 Å². The second-order valence-electron chi connectivity index (χ2n) is 11.6. The Labute approximate surface area is 240 Å². The van der Waals surface area contributed by atoms with Crippen LogP contribution in [0.5, 0.6) is 0 Å². The van der Waals surface area contributed by atoms with Crippen molar-refractivity contribution in [2.45, 2.75) is 116 Å². The number of hydrogen-bond acceptors (Lipinski definition) is 7. The summed E-state index contributed by atoms with van der Waals surface area (Å²) in [6.45, 7) is 11.5. The average Bonchev–Trinajstić information content (AvgIpc) is 2.87. The Balaban J connectivity index is 2.17. The lowest BCUT2D eigenvalue weighted by molar-refractivity contribution is -0.135. The topological polar surface area (TPSA) is 123 Å². The highest BCUT2D eigenvalue weighted by Crippen LogP contribution is 2.20. The van der Waals surface area contributed by atoms with Crippen molar-refractivity contribution in [1.82, 2.24) is 15.5 Å². The molecule has 0 aliphatic heterocycles. The molecular weight excluding hydrogens is 514 g/mol. The van der Waals surface area contributed by atoms with E-state index in [1.165, 1.54) is 38.2 Å².